The molecule has 2 rings (SSSR count). The summed E-state index contributed by atoms with van der Waals surface area (Å²) in [7, 11) is -3.49. The van der Waals surface area contributed by atoms with Crippen LogP contribution in [0.4, 0.5) is 5.13 Å². The van der Waals surface area contributed by atoms with Crippen LogP contribution in [0.25, 0.3) is 0 Å². The van der Waals surface area contributed by atoms with E-state index >= 15 is 0 Å². The van der Waals surface area contributed by atoms with Gasteiger partial charge in [0.05, 0.1) is 0 Å². The Hall–Kier alpha value is -0.730. The van der Waals surface area contributed by atoms with Crippen LogP contribution in [-0.2, 0) is 10.0 Å². The predicted octanol–water partition coefficient (Wildman–Crippen LogP) is 0.541. The average Bonchev–Trinajstić information content (AvgIpc) is 2.95. The molecule has 16 heavy (non-hydrogen) atoms. The number of anilines is 1. The van der Waals surface area contributed by atoms with E-state index in [-0.39, 0.29) is 9.47 Å². The number of nitrogens with zero attached hydrogens (tertiary/aromatic N) is 3. The van der Waals surface area contributed by atoms with E-state index < -0.39 is 10.0 Å². The highest BCUT2D eigenvalue weighted by atomic mass is 32.2. The fourth-order valence-electron chi connectivity index (χ4n) is 1.42. The number of hydrogen-bond acceptors (Lipinski definition) is 6. The van der Waals surface area contributed by atoms with Crippen LogP contribution in [0.2, 0.25) is 0 Å². The number of nitrogen functional groups attached to an aromatic ring is 1. The molecule has 1 aromatic heterocycles. The van der Waals surface area contributed by atoms with Gasteiger partial charge in [-0.05, 0) is 18.8 Å². The third-order valence-corrected chi connectivity index (χ3v) is 5.53. The van der Waals surface area contributed by atoms with Crippen molar-refractivity contribution in [2.75, 3.05) is 18.8 Å². The minimum absolute atomic E-state index is 0.00694. The molecule has 0 atom stereocenters. The molecule has 6 nitrogen and oxygen atoms in total. The second kappa shape index (κ2) is 4.27. The van der Waals surface area contributed by atoms with Crippen LogP contribution < -0.4 is 5.73 Å². The normalized spacial score (nSPS) is 16.9. The molecule has 90 valence electrons. The summed E-state index contributed by atoms with van der Waals surface area (Å²) in [6.07, 6.45) is 2.23. The molecule has 0 saturated heterocycles. The summed E-state index contributed by atoms with van der Waals surface area (Å²) in [6, 6.07) is 0. The Balaban J connectivity index is 2.21. The Labute approximate surface area is 98.5 Å². The van der Waals surface area contributed by atoms with Crippen molar-refractivity contribution in [2.24, 2.45) is 5.92 Å². The van der Waals surface area contributed by atoms with E-state index in [2.05, 4.69) is 10.2 Å². The molecule has 1 aliphatic carbocycles. The fraction of sp³-hybridized carbons (Fsp3) is 0.750. The minimum atomic E-state index is -3.49. The van der Waals surface area contributed by atoms with Crippen molar-refractivity contribution in [3.8, 4) is 0 Å². The van der Waals surface area contributed by atoms with Gasteiger partial charge in [0.1, 0.15) is 0 Å². The maximum Gasteiger partial charge on any atom is 0.272 e. The number of hydrogen-bond donors (Lipinski definition) is 1. The molecule has 0 bridgehead atoms. The number of nitrogens with two attached hydrogens (primary N) is 1. The molecule has 8 heteroatoms. The number of rotatable bonds is 5. The van der Waals surface area contributed by atoms with Crippen LogP contribution in [0.15, 0.2) is 4.34 Å². The van der Waals surface area contributed by atoms with Crippen LogP contribution in [0.1, 0.15) is 19.8 Å². The van der Waals surface area contributed by atoms with Crippen molar-refractivity contribution < 1.29 is 8.42 Å². The molecule has 1 heterocycles. The van der Waals surface area contributed by atoms with Gasteiger partial charge in [-0.3, -0.25) is 0 Å². The van der Waals surface area contributed by atoms with Crippen LogP contribution >= 0.6 is 11.3 Å². The average molecular weight is 262 g/mol. The van der Waals surface area contributed by atoms with Crippen LogP contribution in [-0.4, -0.2) is 36.0 Å². The molecule has 0 amide bonds. The SMILES string of the molecule is CCN(CC1CC1)S(=O)(=O)c1nnc(N)s1. The second-order valence-electron chi connectivity index (χ2n) is 3.81. The van der Waals surface area contributed by atoms with Crippen molar-refractivity contribution in [3.05, 3.63) is 0 Å². The standard InChI is InChI=1S/C8H14N4O2S2/c1-2-12(5-6-3-4-6)16(13,14)8-11-10-7(9)15-8/h6H,2-5H2,1H3,(H2,9,10). The van der Waals surface area contributed by atoms with E-state index in [0.717, 1.165) is 24.2 Å². The Morgan fingerprint density at radius 1 is 1.50 bits per heavy atom. The molecule has 0 aromatic carbocycles. The van der Waals surface area contributed by atoms with Crippen molar-refractivity contribution in [1.29, 1.82) is 0 Å². The molecule has 0 radical (unpaired) electrons. The summed E-state index contributed by atoms with van der Waals surface area (Å²) < 4.78 is 25.7. The van der Waals surface area contributed by atoms with E-state index in [1.165, 1.54) is 4.31 Å². The van der Waals surface area contributed by atoms with Crippen LogP contribution in [0.3, 0.4) is 0 Å². The van der Waals surface area contributed by atoms with Crippen molar-refractivity contribution in [2.45, 2.75) is 24.1 Å². The molecule has 0 aliphatic heterocycles. The van der Waals surface area contributed by atoms with Crippen molar-refractivity contribution in [1.82, 2.24) is 14.5 Å². The topological polar surface area (TPSA) is 89.2 Å². The lowest BCUT2D eigenvalue weighted by atomic mass is 10.4. The first-order valence-electron chi connectivity index (χ1n) is 5.13. The third-order valence-electron chi connectivity index (χ3n) is 2.49. The molecule has 0 unspecified atom stereocenters. The second-order valence-corrected chi connectivity index (χ2v) is 6.93. The monoisotopic (exact) mass is 262 g/mol. The maximum atomic E-state index is 12.1. The minimum Gasteiger partial charge on any atom is -0.374 e. The van der Waals surface area contributed by atoms with Gasteiger partial charge in [-0.25, -0.2) is 8.42 Å². The molecule has 1 fully saturated rings. The van der Waals surface area contributed by atoms with Gasteiger partial charge in [-0.2, -0.15) is 4.31 Å². The summed E-state index contributed by atoms with van der Waals surface area (Å²) in [5.74, 6) is 0.514. The van der Waals surface area contributed by atoms with E-state index in [4.69, 9.17) is 5.73 Å². The Kier molecular flexibility index (Phi) is 3.13. The Bertz CT molecular complexity index is 466. The first kappa shape index (κ1) is 11.7. The molecular weight excluding hydrogens is 248 g/mol. The van der Waals surface area contributed by atoms with Gasteiger partial charge in [0.15, 0.2) is 0 Å². The zero-order valence-electron chi connectivity index (χ0n) is 8.96. The first-order valence-corrected chi connectivity index (χ1v) is 7.39. The summed E-state index contributed by atoms with van der Waals surface area (Å²) in [5, 5.41) is 7.31. The summed E-state index contributed by atoms with van der Waals surface area (Å²) in [4.78, 5) is 0. The molecule has 1 aliphatic rings. The summed E-state index contributed by atoms with van der Waals surface area (Å²) >= 11 is 0.912. The van der Waals surface area contributed by atoms with Crippen LogP contribution in [0.5, 0.6) is 0 Å². The van der Waals surface area contributed by atoms with E-state index in [9.17, 15) is 8.42 Å². The maximum absolute atomic E-state index is 12.1. The highest BCUT2D eigenvalue weighted by molar-refractivity contribution is 7.91. The lowest BCUT2D eigenvalue weighted by Crippen LogP contribution is -2.32. The van der Waals surface area contributed by atoms with Crippen LogP contribution in [0, 0.1) is 5.92 Å². The van der Waals surface area contributed by atoms with Gasteiger partial charge in [0.25, 0.3) is 10.0 Å². The number of sulfonamides is 1. The fourth-order valence-corrected chi connectivity index (χ4v) is 3.87. The Morgan fingerprint density at radius 3 is 2.62 bits per heavy atom. The first-order chi connectivity index (χ1) is 7.54. The van der Waals surface area contributed by atoms with E-state index in [1.54, 1.807) is 0 Å². The molecule has 0 spiro atoms. The smallest absolute Gasteiger partial charge is 0.272 e. The molecule has 1 aromatic rings. The zero-order valence-corrected chi connectivity index (χ0v) is 10.6. The van der Waals surface area contributed by atoms with E-state index in [1.807, 2.05) is 6.92 Å². The largest absolute Gasteiger partial charge is 0.374 e. The summed E-state index contributed by atoms with van der Waals surface area (Å²) in [5.41, 5.74) is 5.39. The van der Waals surface area contributed by atoms with Gasteiger partial charge in [0, 0.05) is 13.1 Å². The predicted molar refractivity (Wildman–Crippen MR) is 61.5 cm³/mol. The lowest BCUT2D eigenvalue weighted by molar-refractivity contribution is 0.411. The molecule has 2 N–H and O–H groups in total. The lowest BCUT2D eigenvalue weighted by Gasteiger charge is -2.17. The van der Waals surface area contributed by atoms with Gasteiger partial charge >= 0.3 is 0 Å². The highest BCUT2D eigenvalue weighted by Gasteiger charge is 2.32. The highest BCUT2D eigenvalue weighted by Crippen LogP contribution is 2.32. The van der Waals surface area contributed by atoms with Gasteiger partial charge in [-0.1, -0.05) is 18.3 Å². The molecular formula is C8H14N4O2S2. The number of aromatic nitrogens is 2. The Morgan fingerprint density at radius 2 is 2.19 bits per heavy atom. The summed E-state index contributed by atoms with van der Waals surface area (Å²) in [6.45, 7) is 2.86. The van der Waals surface area contributed by atoms with Crippen molar-refractivity contribution in [3.63, 3.8) is 0 Å². The van der Waals surface area contributed by atoms with Gasteiger partial charge in [0.2, 0.25) is 9.47 Å². The molecule has 1 saturated carbocycles. The third kappa shape index (κ3) is 2.33. The van der Waals surface area contributed by atoms with Gasteiger partial charge < -0.3 is 5.73 Å². The quantitative estimate of drug-likeness (QED) is 0.836. The van der Waals surface area contributed by atoms with Crippen molar-refractivity contribution >= 4 is 26.5 Å². The van der Waals surface area contributed by atoms with E-state index in [0.29, 0.717) is 19.0 Å². The van der Waals surface area contributed by atoms with Gasteiger partial charge in [-0.15, -0.1) is 10.2 Å². The zero-order chi connectivity index (χ0) is 11.8.